The summed E-state index contributed by atoms with van der Waals surface area (Å²) >= 11 is 0. The van der Waals surface area contributed by atoms with Crippen LogP contribution in [0.1, 0.15) is 54.1 Å². The van der Waals surface area contributed by atoms with Gasteiger partial charge in [-0.25, -0.2) is 14.5 Å². The highest BCUT2D eigenvalue weighted by Crippen LogP contribution is 2.25. The smallest absolute Gasteiger partial charge is 0.429 e. The molecule has 0 N–H and O–H groups in total. The minimum absolute atomic E-state index is 0.176. The van der Waals surface area contributed by atoms with E-state index in [1.807, 2.05) is 13.0 Å². The van der Waals surface area contributed by atoms with Gasteiger partial charge in [-0.1, -0.05) is 31.0 Å². The molecule has 1 aromatic carbocycles. The maximum absolute atomic E-state index is 11.8. The molecule has 0 aliphatic heterocycles. The first-order valence-electron chi connectivity index (χ1n) is 7.79. The number of ether oxygens (including phenoxy) is 1. The van der Waals surface area contributed by atoms with E-state index in [2.05, 4.69) is 21.7 Å². The topological polar surface area (TPSA) is 71.1 Å². The number of rotatable bonds is 4. The zero-order valence-corrected chi connectivity index (χ0v) is 13.7. The molecule has 0 aromatic heterocycles. The Bertz CT molecular complexity index is 568. The maximum Gasteiger partial charge on any atom is 0.543 e. The maximum atomic E-state index is 11.8. The molecule has 1 fully saturated rings. The van der Waals surface area contributed by atoms with Crippen LogP contribution in [-0.2, 0) is 19.6 Å². The van der Waals surface area contributed by atoms with Gasteiger partial charge in [-0.05, 0) is 50.7 Å². The number of hydrogen-bond acceptors (Lipinski definition) is 6. The summed E-state index contributed by atoms with van der Waals surface area (Å²) in [6, 6.07) is 5.25. The molecular weight excluding hydrogens is 300 g/mol. The second-order valence-electron chi connectivity index (χ2n) is 6.10. The van der Waals surface area contributed by atoms with Crippen molar-refractivity contribution in [3.8, 4) is 0 Å². The first kappa shape index (κ1) is 17.3. The molecule has 0 saturated heterocycles. The van der Waals surface area contributed by atoms with Crippen LogP contribution < -0.4 is 0 Å². The van der Waals surface area contributed by atoms with E-state index in [1.54, 1.807) is 19.1 Å². The van der Waals surface area contributed by atoms with E-state index < -0.39 is 12.1 Å². The minimum atomic E-state index is -1.00. The molecular formula is C17H22O6. The van der Waals surface area contributed by atoms with Crippen LogP contribution >= 0.6 is 0 Å². The molecule has 0 heterocycles. The number of carbonyl (C=O) groups excluding carboxylic acids is 2. The lowest BCUT2D eigenvalue weighted by Crippen LogP contribution is -2.25. The highest BCUT2D eigenvalue weighted by molar-refractivity contribution is 5.90. The fraction of sp³-hybridized carbons (Fsp3) is 0.529. The highest BCUT2D eigenvalue weighted by Gasteiger charge is 2.23. The monoisotopic (exact) mass is 322 g/mol. The average molecular weight is 322 g/mol. The Hall–Kier alpha value is -2.08. The predicted octanol–water partition coefficient (Wildman–Crippen LogP) is 4.04. The van der Waals surface area contributed by atoms with E-state index in [4.69, 9.17) is 4.74 Å². The molecule has 0 amide bonds. The summed E-state index contributed by atoms with van der Waals surface area (Å²) in [5.74, 6) is -0.216. The molecule has 126 valence electrons. The van der Waals surface area contributed by atoms with Gasteiger partial charge < -0.3 is 4.74 Å². The van der Waals surface area contributed by atoms with Crippen LogP contribution in [0.3, 0.4) is 0 Å². The summed E-state index contributed by atoms with van der Waals surface area (Å²) in [5.41, 5.74) is 2.12. The molecule has 2 rings (SSSR count). The van der Waals surface area contributed by atoms with Gasteiger partial charge in [0.05, 0.1) is 10.6 Å². The zero-order valence-electron chi connectivity index (χ0n) is 13.7. The van der Waals surface area contributed by atoms with Crippen LogP contribution in [-0.4, -0.2) is 18.2 Å². The summed E-state index contributed by atoms with van der Waals surface area (Å²) < 4.78 is 5.11. The molecule has 1 aliphatic carbocycles. The van der Waals surface area contributed by atoms with Gasteiger partial charge in [-0.2, -0.15) is 0 Å². The van der Waals surface area contributed by atoms with E-state index in [0.717, 1.165) is 36.8 Å². The van der Waals surface area contributed by atoms with Crippen molar-refractivity contribution >= 4 is 12.1 Å². The van der Waals surface area contributed by atoms with Crippen molar-refractivity contribution in [3.63, 3.8) is 0 Å². The first-order chi connectivity index (χ1) is 11.0. The molecule has 6 nitrogen and oxygen atoms in total. The van der Waals surface area contributed by atoms with Crippen LogP contribution in [0.5, 0.6) is 0 Å². The fourth-order valence-electron chi connectivity index (χ4n) is 2.80. The summed E-state index contributed by atoms with van der Waals surface area (Å²) in [7, 11) is 0. The molecule has 2 unspecified atom stereocenters. The van der Waals surface area contributed by atoms with Gasteiger partial charge in [0.1, 0.15) is 6.10 Å². The molecule has 1 aliphatic rings. The van der Waals surface area contributed by atoms with Gasteiger partial charge in [0, 0.05) is 0 Å². The zero-order chi connectivity index (χ0) is 16.8. The first-order valence-corrected chi connectivity index (χ1v) is 7.79. The Labute approximate surface area is 135 Å². The Kier molecular flexibility index (Phi) is 5.98. The van der Waals surface area contributed by atoms with Gasteiger partial charge in [0.15, 0.2) is 0 Å². The van der Waals surface area contributed by atoms with Gasteiger partial charge in [-0.15, -0.1) is 0 Å². The van der Waals surface area contributed by atoms with Crippen LogP contribution in [0.4, 0.5) is 4.79 Å². The van der Waals surface area contributed by atoms with Gasteiger partial charge in [0.25, 0.3) is 0 Å². The van der Waals surface area contributed by atoms with Crippen molar-refractivity contribution in [2.75, 3.05) is 0 Å². The van der Waals surface area contributed by atoms with Crippen molar-refractivity contribution < 1.29 is 29.1 Å². The number of hydrogen-bond donors (Lipinski definition) is 0. The van der Waals surface area contributed by atoms with Crippen molar-refractivity contribution in [1.29, 1.82) is 0 Å². The average Bonchev–Trinajstić information content (AvgIpc) is 2.47. The van der Waals surface area contributed by atoms with Crippen LogP contribution in [0, 0.1) is 19.8 Å². The molecule has 1 aromatic rings. The largest absolute Gasteiger partial charge is 0.543 e. The quantitative estimate of drug-likeness (QED) is 0.473. The summed E-state index contributed by atoms with van der Waals surface area (Å²) in [6.45, 7) is 5.82. The standard InChI is InChI=1S/C17H22O6/c1-11-5-4-6-14(10-11)20-17(19)22-23-21-16(18)15-8-7-12(2)9-13(15)3/h7-9,11,14H,4-6,10H2,1-3H3. The minimum Gasteiger partial charge on any atom is -0.429 e. The fourth-order valence-corrected chi connectivity index (χ4v) is 2.80. The normalized spacial score (nSPS) is 20.7. The molecule has 0 radical (unpaired) electrons. The van der Waals surface area contributed by atoms with E-state index in [9.17, 15) is 9.59 Å². The number of aryl methyl sites for hydroxylation is 2. The van der Waals surface area contributed by atoms with Crippen molar-refractivity contribution in [2.24, 2.45) is 5.92 Å². The van der Waals surface area contributed by atoms with Crippen LogP contribution in [0.2, 0.25) is 0 Å². The van der Waals surface area contributed by atoms with Gasteiger partial charge in [0.2, 0.25) is 0 Å². The Morgan fingerprint density at radius 1 is 1.13 bits per heavy atom. The summed E-state index contributed by atoms with van der Waals surface area (Å²) in [4.78, 5) is 32.1. The van der Waals surface area contributed by atoms with Crippen LogP contribution in [0.25, 0.3) is 0 Å². The van der Waals surface area contributed by atoms with Crippen molar-refractivity contribution in [2.45, 2.75) is 52.6 Å². The lowest BCUT2D eigenvalue weighted by atomic mass is 9.89. The second kappa shape index (κ2) is 7.97. The van der Waals surface area contributed by atoms with E-state index in [0.29, 0.717) is 11.5 Å². The van der Waals surface area contributed by atoms with E-state index >= 15 is 0 Å². The van der Waals surface area contributed by atoms with Crippen molar-refractivity contribution in [3.05, 3.63) is 34.9 Å². The molecule has 1 saturated carbocycles. The second-order valence-corrected chi connectivity index (χ2v) is 6.10. The SMILES string of the molecule is Cc1ccc(C(=O)OOOC(=O)OC2CCCC(C)C2)c(C)c1. The molecule has 0 spiro atoms. The third-order valence-corrected chi connectivity index (χ3v) is 3.96. The highest BCUT2D eigenvalue weighted by atomic mass is 17.5. The predicted molar refractivity (Wildman–Crippen MR) is 81.4 cm³/mol. The number of benzene rings is 1. The Morgan fingerprint density at radius 2 is 1.91 bits per heavy atom. The van der Waals surface area contributed by atoms with Gasteiger partial charge >= 0.3 is 12.1 Å². The van der Waals surface area contributed by atoms with Crippen LogP contribution in [0.15, 0.2) is 18.2 Å². The Morgan fingerprint density at radius 3 is 2.61 bits per heavy atom. The molecule has 6 heteroatoms. The molecule has 0 bridgehead atoms. The van der Waals surface area contributed by atoms with Gasteiger partial charge in [-0.3, -0.25) is 4.89 Å². The molecule has 23 heavy (non-hydrogen) atoms. The van der Waals surface area contributed by atoms with E-state index in [-0.39, 0.29) is 6.10 Å². The Balaban J connectivity index is 1.73. The third-order valence-electron chi connectivity index (χ3n) is 3.96. The summed E-state index contributed by atoms with van der Waals surface area (Å²) in [5, 5.41) is 4.24. The lowest BCUT2D eigenvalue weighted by Gasteiger charge is -2.25. The summed E-state index contributed by atoms with van der Waals surface area (Å²) in [6.07, 6.45) is 2.59. The molecule has 2 atom stereocenters. The van der Waals surface area contributed by atoms with E-state index in [1.165, 1.54) is 0 Å². The van der Waals surface area contributed by atoms with Crippen molar-refractivity contribution in [1.82, 2.24) is 0 Å². The third kappa shape index (κ3) is 5.25. The number of carbonyl (C=O) groups is 2. The lowest BCUT2D eigenvalue weighted by molar-refractivity contribution is -0.453.